The third kappa shape index (κ3) is 4.10. The van der Waals surface area contributed by atoms with Gasteiger partial charge in [0, 0.05) is 24.1 Å². The zero-order valence-electron chi connectivity index (χ0n) is 15.4. The molecule has 3 rings (SSSR count). The number of rotatable bonds is 5. The van der Waals surface area contributed by atoms with Gasteiger partial charge in [-0.3, -0.25) is 9.78 Å². The molecule has 0 spiro atoms. The smallest absolute Gasteiger partial charge is 0.253 e. The lowest BCUT2D eigenvalue weighted by Gasteiger charge is -2.34. The number of piperidine rings is 1. The molecule has 2 aromatic rings. The van der Waals surface area contributed by atoms with E-state index >= 15 is 0 Å². The SMILES string of the molecule is Cc1cc(C(=O)NCC2(C)CCNCC2)c(C)n1Cc1ccccn1. The van der Waals surface area contributed by atoms with Gasteiger partial charge < -0.3 is 15.2 Å². The zero-order chi connectivity index (χ0) is 17.9. The summed E-state index contributed by atoms with van der Waals surface area (Å²) in [5.74, 6) is 0.0279. The van der Waals surface area contributed by atoms with Gasteiger partial charge in [0.15, 0.2) is 0 Å². The minimum Gasteiger partial charge on any atom is -0.351 e. The van der Waals surface area contributed by atoms with Gasteiger partial charge in [-0.15, -0.1) is 0 Å². The number of carbonyl (C=O) groups is 1. The van der Waals surface area contributed by atoms with Gasteiger partial charge in [0.1, 0.15) is 0 Å². The fourth-order valence-electron chi connectivity index (χ4n) is 3.52. The van der Waals surface area contributed by atoms with Crippen LogP contribution in [-0.2, 0) is 6.54 Å². The molecular formula is C20H28N4O. The minimum atomic E-state index is 0.0279. The predicted octanol–water partition coefficient (Wildman–Crippen LogP) is 2.67. The molecule has 0 aromatic carbocycles. The second-order valence-electron chi connectivity index (χ2n) is 7.44. The lowest BCUT2D eigenvalue weighted by molar-refractivity contribution is 0.0921. The number of nitrogens with one attached hydrogen (secondary N) is 2. The molecule has 0 bridgehead atoms. The fraction of sp³-hybridized carbons (Fsp3) is 0.500. The highest BCUT2D eigenvalue weighted by atomic mass is 16.1. The van der Waals surface area contributed by atoms with Crippen molar-refractivity contribution in [3.63, 3.8) is 0 Å². The maximum Gasteiger partial charge on any atom is 0.253 e. The molecule has 0 saturated carbocycles. The first-order valence-electron chi connectivity index (χ1n) is 9.04. The molecule has 5 heteroatoms. The number of amides is 1. The molecule has 5 nitrogen and oxygen atoms in total. The quantitative estimate of drug-likeness (QED) is 0.880. The summed E-state index contributed by atoms with van der Waals surface area (Å²) in [6, 6.07) is 7.90. The van der Waals surface area contributed by atoms with Crippen molar-refractivity contribution in [2.75, 3.05) is 19.6 Å². The number of aromatic nitrogens is 2. The maximum atomic E-state index is 12.7. The molecule has 0 unspecified atom stereocenters. The Hall–Kier alpha value is -2.14. The van der Waals surface area contributed by atoms with Gasteiger partial charge >= 0.3 is 0 Å². The summed E-state index contributed by atoms with van der Waals surface area (Å²) in [5, 5.41) is 6.54. The van der Waals surface area contributed by atoms with Crippen LogP contribution in [0.15, 0.2) is 30.5 Å². The molecule has 134 valence electrons. The summed E-state index contributed by atoms with van der Waals surface area (Å²) in [6.45, 7) is 9.80. The van der Waals surface area contributed by atoms with E-state index in [1.807, 2.05) is 38.1 Å². The van der Waals surface area contributed by atoms with Crippen LogP contribution < -0.4 is 10.6 Å². The Bertz CT molecular complexity index is 730. The number of aryl methyl sites for hydroxylation is 1. The highest BCUT2D eigenvalue weighted by molar-refractivity contribution is 5.95. The predicted molar refractivity (Wildman–Crippen MR) is 99.8 cm³/mol. The molecular weight excluding hydrogens is 312 g/mol. The normalized spacial score (nSPS) is 16.6. The lowest BCUT2D eigenvalue weighted by atomic mass is 9.81. The van der Waals surface area contributed by atoms with E-state index < -0.39 is 0 Å². The van der Waals surface area contributed by atoms with Gasteiger partial charge in [-0.2, -0.15) is 0 Å². The second kappa shape index (κ2) is 7.40. The summed E-state index contributed by atoms with van der Waals surface area (Å²) < 4.78 is 2.16. The Labute approximate surface area is 149 Å². The van der Waals surface area contributed by atoms with Crippen molar-refractivity contribution in [1.82, 2.24) is 20.2 Å². The summed E-state index contributed by atoms with van der Waals surface area (Å²) in [6.07, 6.45) is 4.01. The van der Waals surface area contributed by atoms with Crippen LogP contribution in [0.4, 0.5) is 0 Å². The largest absolute Gasteiger partial charge is 0.351 e. The van der Waals surface area contributed by atoms with E-state index in [2.05, 4.69) is 27.1 Å². The number of pyridine rings is 1. The highest BCUT2D eigenvalue weighted by Gasteiger charge is 2.27. The third-order valence-corrected chi connectivity index (χ3v) is 5.35. The van der Waals surface area contributed by atoms with Gasteiger partial charge in [0.05, 0.1) is 17.8 Å². The van der Waals surface area contributed by atoms with Crippen molar-refractivity contribution in [3.05, 3.63) is 53.1 Å². The minimum absolute atomic E-state index is 0.0279. The van der Waals surface area contributed by atoms with E-state index in [9.17, 15) is 4.79 Å². The monoisotopic (exact) mass is 340 g/mol. The molecule has 1 fully saturated rings. The first kappa shape index (κ1) is 17.7. The first-order chi connectivity index (χ1) is 12.0. The van der Waals surface area contributed by atoms with Gasteiger partial charge in [-0.1, -0.05) is 13.0 Å². The molecule has 1 aliphatic rings. The lowest BCUT2D eigenvalue weighted by Crippen LogP contribution is -2.43. The van der Waals surface area contributed by atoms with Crippen LogP contribution in [-0.4, -0.2) is 35.1 Å². The molecule has 1 saturated heterocycles. The fourth-order valence-corrected chi connectivity index (χ4v) is 3.52. The van der Waals surface area contributed by atoms with E-state index in [4.69, 9.17) is 0 Å². The standard InChI is InChI=1S/C20H28N4O/c1-15-12-18(16(2)24(15)13-17-6-4-5-9-22-17)19(25)23-14-20(3)7-10-21-11-8-20/h4-6,9,12,21H,7-8,10-11,13-14H2,1-3H3,(H,23,25). The Morgan fingerprint density at radius 3 is 2.76 bits per heavy atom. The van der Waals surface area contributed by atoms with E-state index in [0.29, 0.717) is 6.54 Å². The van der Waals surface area contributed by atoms with Gasteiger partial charge in [-0.05, 0) is 63.4 Å². The number of carbonyl (C=O) groups excluding carboxylic acids is 1. The number of hydrogen-bond donors (Lipinski definition) is 2. The summed E-state index contributed by atoms with van der Waals surface area (Å²) in [7, 11) is 0. The Morgan fingerprint density at radius 2 is 2.08 bits per heavy atom. The van der Waals surface area contributed by atoms with Crippen LogP contribution >= 0.6 is 0 Å². The highest BCUT2D eigenvalue weighted by Crippen LogP contribution is 2.27. The van der Waals surface area contributed by atoms with E-state index in [1.165, 1.54) is 0 Å². The molecule has 2 aromatic heterocycles. The van der Waals surface area contributed by atoms with Crippen LogP contribution in [0, 0.1) is 19.3 Å². The average molecular weight is 340 g/mol. The second-order valence-corrected chi connectivity index (χ2v) is 7.44. The third-order valence-electron chi connectivity index (χ3n) is 5.35. The van der Waals surface area contributed by atoms with Gasteiger partial charge in [-0.25, -0.2) is 0 Å². The molecule has 1 amide bonds. The van der Waals surface area contributed by atoms with Gasteiger partial charge in [0.25, 0.3) is 5.91 Å². The average Bonchev–Trinajstić information content (AvgIpc) is 2.90. The van der Waals surface area contributed by atoms with E-state index in [1.54, 1.807) is 6.20 Å². The van der Waals surface area contributed by atoms with Crippen LogP contribution in [0.1, 0.15) is 47.2 Å². The topological polar surface area (TPSA) is 59.0 Å². The molecule has 3 heterocycles. The zero-order valence-corrected chi connectivity index (χ0v) is 15.4. The van der Waals surface area contributed by atoms with Crippen LogP contribution in [0.25, 0.3) is 0 Å². The van der Waals surface area contributed by atoms with Crippen LogP contribution in [0.5, 0.6) is 0 Å². The van der Waals surface area contributed by atoms with E-state index in [0.717, 1.165) is 55.1 Å². The molecule has 1 aliphatic heterocycles. The molecule has 0 atom stereocenters. The molecule has 25 heavy (non-hydrogen) atoms. The first-order valence-corrected chi connectivity index (χ1v) is 9.04. The molecule has 0 radical (unpaired) electrons. The Kier molecular flexibility index (Phi) is 5.23. The van der Waals surface area contributed by atoms with Crippen molar-refractivity contribution in [2.24, 2.45) is 5.41 Å². The van der Waals surface area contributed by atoms with Crippen molar-refractivity contribution in [2.45, 2.75) is 40.2 Å². The number of nitrogens with zero attached hydrogens (tertiary/aromatic N) is 2. The Balaban J connectivity index is 1.70. The van der Waals surface area contributed by atoms with Crippen LogP contribution in [0.2, 0.25) is 0 Å². The Morgan fingerprint density at radius 1 is 1.32 bits per heavy atom. The van der Waals surface area contributed by atoms with Crippen molar-refractivity contribution >= 4 is 5.91 Å². The number of hydrogen-bond acceptors (Lipinski definition) is 3. The van der Waals surface area contributed by atoms with Crippen molar-refractivity contribution < 1.29 is 4.79 Å². The summed E-state index contributed by atoms with van der Waals surface area (Å²) in [4.78, 5) is 17.1. The van der Waals surface area contributed by atoms with Crippen LogP contribution in [0.3, 0.4) is 0 Å². The molecule has 0 aliphatic carbocycles. The summed E-state index contributed by atoms with van der Waals surface area (Å²) >= 11 is 0. The maximum absolute atomic E-state index is 12.7. The summed E-state index contributed by atoms with van der Waals surface area (Å²) in [5.41, 5.74) is 4.04. The van der Waals surface area contributed by atoms with E-state index in [-0.39, 0.29) is 11.3 Å². The molecule has 2 N–H and O–H groups in total. The van der Waals surface area contributed by atoms with Gasteiger partial charge in [0.2, 0.25) is 0 Å². The van der Waals surface area contributed by atoms with Crippen molar-refractivity contribution in [3.8, 4) is 0 Å². The van der Waals surface area contributed by atoms with Crippen molar-refractivity contribution in [1.29, 1.82) is 0 Å².